The van der Waals surface area contributed by atoms with Gasteiger partial charge in [0.25, 0.3) is 0 Å². The zero-order valence-corrected chi connectivity index (χ0v) is 12.2. The number of hydrogen-bond acceptors (Lipinski definition) is 5. The number of aryl methyl sites for hydroxylation is 1. The minimum atomic E-state index is 0.326. The summed E-state index contributed by atoms with van der Waals surface area (Å²) >= 11 is 1.48. The van der Waals surface area contributed by atoms with Crippen LogP contribution in [0.25, 0.3) is 0 Å². The number of rotatable bonds is 5. The summed E-state index contributed by atoms with van der Waals surface area (Å²) in [5.41, 5.74) is 2.16. The van der Waals surface area contributed by atoms with Crippen molar-refractivity contribution in [1.29, 1.82) is 0 Å². The van der Waals surface area contributed by atoms with Crippen LogP contribution in [0.2, 0.25) is 0 Å². The first kappa shape index (κ1) is 14.0. The molecule has 1 unspecified atom stereocenters. The molecule has 0 aliphatic heterocycles. The van der Waals surface area contributed by atoms with Crippen LogP contribution in [0, 0.1) is 6.92 Å². The van der Waals surface area contributed by atoms with Crippen LogP contribution in [0.1, 0.15) is 31.1 Å². The Balaban J connectivity index is 2.06. The van der Waals surface area contributed by atoms with Gasteiger partial charge in [-0.25, -0.2) is 15.0 Å². The van der Waals surface area contributed by atoms with Gasteiger partial charge in [0.05, 0.1) is 0 Å². The maximum atomic E-state index is 4.45. The molecule has 0 aromatic carbocycles. The van der Waals surface area contributed by atoms with E-state index in [1.807, 2.05) is 25.3 Å². The van der Waals surface area contributed by atoms with E-state index < -0.39 is 0 Å². The second kappa shape index (κ2) is 6.63. The summed E-state index contributed by atoms with van der Waals surface area (Å²) in [6.07, 6.45) is 3.68. The summed E-state index contributed by atoms with van der Waals surface area (Å²) in [5, 5.41) is 5.02. The van der Waals surface area contributed by atoms with Crippen LogP contribution in [0.15, 0.2) is 40.8 Å². The zero-order valence-electron chi connectivity index (χ0n) is 11.4. The van der Waals surface area contributed by atoms with Crippen molar-refractivity contribution in [3.05, 3.63) is 41.9 Å². The first-order valence-electron chi connectivity index (χ1n) is 6.36. The third kappa shape index (κ3) is 4.01. The molecule has 19 heavy (non-hydrogen) atoms. The standard InChI is InChI=1S/C14H18N4S/c1-4-15-11(3)12-5-6-13(17-9-12)19-14-16-8-7-10(2)18-14/h5-9,11,15H,4H2,1-3H3. The fourth-order valence-corrected chi connectivity index (χ4v) is 2.43. The highest BCUT2D eigenvalue weighted by Gasteiger charge is 2.06. The van der Waals surface area contributed by atoms with Crippen LogP contribution < -0.4 is 5.32 Å². The van der Waals surface area contributed by atoms with Gasteiger partial charge in [0.2, 0.25) is 0 Å². The Morgan fingerprint density at radius 2 is 2.11 bits per heavy atom. The van der Waals surface area contributed by atoms with Crippen LogP contribution in [0.5, 0.6) is 0 Å². The summed E-state index contributed by atoms with van der Waals surface area (Å²) in [4.78, 5) is 13.0. The van der Waals surface area contributed by atoms with E-state index >= 15 is 0 Å². The predicted molar refractivity (Wildman–Crippen MR) is 77.2 cm³/mol. The average molecular weight is 274 g/mol. The molecule has 1 N–H and O–H groups in total. The van der Waals surface area contributed by atoms with E-state index in [2.05, 4.69) is 40.2 Å². The lowest BCUT2D eigenvalue weighted by atomic mass is 10.1. The molecule has 0 amide bonds. The van der Waals surface area contributed by atoms with Gasteiger partial charge < -0.3 is 5.32 Å². The first-order chi connectivity index (χ1) is 9.19. The number of nitrogens with zero attached hydrogens (tertiary/aromatic N) is 3. The van der Waals surface area contributed by atoms with Crippen molar-refractivity contribution in [3.8, 4) is 0 Å². The molecular weight excluding hydrogens is 256 g/mol. The molecule has 2 heterocycles. The van der Waals surface area contributed by atoms with E-state index in [1.54, 1.807) is 6.20 Å². The van der Waals surface area contributed by atoms with Gasteiger partial charge in [-0.2, -0.15) is 0 Å². The number of aromatic nitrogens is 3. The van der Waals surface area contributed by atoms with E-state index in [4.69, 9.17) is 0 Å². The van der Waals surface area contributed by atoms with E-state index in [1.165, 1.54) is 17.3 Å². The van der Waals surface area contributed by atoms with Crippen LogP contribution in [0.4, 0.5) is 0 Å². The Morgan fingerprint density at radius 3 is 2.74 bits per heavy atom. The van der Waals surface area contributed by atoms with Crippen molar-refractivity contribution in [2.75, 3.05) is 6.54 Å². The van der Waals surface area contributed by atoms with Gasteiger partial charge in [0.15, 0.2) is 5.16 Å². The molecule has 2 aromatic rings. The summed E-state index contributed by atoms with van der Waals surface area (Å²) in [7, 11) is 0. The maximum Gasteiger partial charge on any atom is 0.194 e. The van der Waals surface area contributed by atoms with Crippen molar-refractivity contribution in [2.45, 2.75) is 37.0 Å². The Labute approximate surface area is 118 Å². The van der Waals surface area contributed by atoms with Gasteiger partial charge in [-0.15, -0.1) is 0 Å². The number of nitrogens with one attached hydrogen (secondary N) is 1. The topological polar surface area (TPSA) is 50.7 Å². The molecule has 0 radical (unpaired) electrons. The minimum absolute atomic E-state index is 0.326. The molecule has 2 rings (SSSR count). The highest BCUT2D eigenvalue weighted by Crippen LogP contribution is 2.23. The molecule has 0 bridgehead atoms. The molecular formula is C14H18N4S. The van der Waals surface area contributed by atoms with Crippen molar-refractivity contribution in [2.24, 2.45) is 0 Å². The Hall–Kier alpha value is -1.46. The quantitative estimate of drug-likeness (QED) is 0.849. The normalized spacial score (nSPS) is 12.4. The smallest absolute Gasteiger partial charge is 0.194 e. The van der Waals surface area contributed by atoms with Crippen molar-refractivity contribution < 1.29 is 0 Å². The van der Waals surface area contributed by atoms with Crippen LogP contribution in [-0.2, 0) is 0 Å². The van der Waals surface area contributed by atoms with Crippen molar-refractivity contribution in [1.82, 2.24) is 20.3 Å². The summed E-state index contributed by atoms with van der Waals surface area (Å²) in [5.74, 6) is 0. The third-order valence-corrected chi connectivity index (χ3v) is 3.57. The van der Waals surface area contributed by atoms with Gasteiger partial charge in [-0.1, -0.05) is 13.0 Å². The molecule has 0 saturated heterocycles. The SMILES string of the molecule is CCNC(C)c1ccc(Sc2nccc(C)n2)nc1. The molecule has 4 nitrogen and oxygen atoms in total. The van der Waals surface area contributed by atoms with Crippen molar-refractivity contribution >= 4 is 11.8 Å². The average Bonchev–Trinajstić information content (AvgIpc) is 2.40. The predicted octanol–water partition coefficient (Wildman–Crippen LogP) is 3.00. The first-order valence-corrected chi connectivity index (χ1v) is 7.17. The van der Waals surface area contributed by atoms with Gasteiger partial charge in [0.1, 0.15) is 5.03 Å². The second-order valence-electron chi connectivity index (χ2n) is 4.29. The van der Waals surface area contributed by atoms with Crippen LogP contribution >= 0.6 is 11.8 Å². The second-order valence-corrected chi connectivity index (χ2v) is 5.28. The molecule has 0 spiro atoms. The zero-order chi connectivity index (χ0) is 13.7. The fourth-order valence-electron chi connectivity index (χ4n) is 1.70. The lowest BCUT2D eigenvalue weighted by Gasteiger charge is -2.12. The molecule has 0 saturated carbocycles. The van der Waals surface area contributed by atoms with Crippen LogP contribution in [0.3, 0.4) is 0 Å². The van der Waals surface area contributed by atoms with E-state index in [0.29, 0.717) is 6.04 Å². The molecule has 2 aromatic heterocycles. The molecule has 1 atom stereocenters. The van der Waals surface area contributed by atoms with Gasteiger partial charge in [-0.3, -0.25) is 0 Å². The fraction of sp³-hybridized carbons (Fsp3) is 0.357. The highest BCUT2D eigenvalue weighted by atomic mass is 32.2. The maximum absolute atomic E-state index is 4.45. The Morgan fingerprint density at radius 1 is 1.26 bits per heavy atom. The molecule has 100 valence electrons. The van der Waals surface area contributed by atoms with E-state index in [-0.39, 0.29) is 0 Å². The molecule has 0 aliphatic carbocycles. The summed E-state index contributed by atoms with van der Waals surface area (Å²) < 4.78 is 0. The molecule has 0 fully saturated rings. The van der Waals surface area contributed by atoms with Crippen molar-refractivity contribution in [3.63, 3.8) is 0 Å². The van der Waals surface area contributed by atoms with Gasteiger partial charge in [-0.05, 0) is 49.9 Å². The summed E-state index contributed by atoms with van der Waals surface area (Å²) in [6, 6.07) is 6.32. The third-order valence-electron chi connectivity index (χ3n) is 2.74. The minimum Gasteiger partial charge on any atom is -0.310 e. The lowest BCUT2D eigenvalue weighted by molar-refractivity contribution is 0.595. The highest BCUT2D eigenvalue weighted by molar-refractivity contribution is 7.99. The van der Waals surface area contributed by atoms with Crippen LogP contribution in [-0.4, -0.2) is 21.5 Å². The molecule has 5 heteroatoms. The number of hydrogen-bond donors (Lipinski definition) is 1. The summed E-state index contributed by atoms with van der Waals surface area (Å²) in [6.45, 7) is 7.15. The van der Waals surface area contributed by atoms with E-state index in [0.717, 1.165) is 22.4 Å². The largest absolute Gasteiger partial charge is 0.310 e. The van der Waals surface area contributed by atoms with Gasteiger partial charge >= 0.3 is 0 Å². The Bertz CT molecular complexity index is 527. The van der Waals surface area contributed by atoms with Gasteiger partial charge in [0, 0.05) is 24.1 Å². The molecule has 0 aliphatic rings. The number of pyridine rings is 1. The lowest BCUT2D eigenvalue weighted by Crippen LogP contribution is -2.17. The Kier molecular flexibility index (Phi) is 4.87. The van der Waals surface area contributed by atoms with E-state index in [9.17, 15) is 0 Å². The monoisotopic (exact) mass is 274 g/mol.